The van der Waals surface area contributed by atoms with Crippen molar-refractivity contribution in [2.24, 2.45) is 16.6 Å². The van der Waals surface area contributed by atoms with Gasteiger partial charge >= 0.3 is 0 Å². The number of piperazine rings is 1. The van der Waals surface area contributed by atoms with Crippen LogP contribution in [-0.4, -0.2) is 106 Å². The fourth-order valence-electron chi connectivity index (χ4n) is 3.54. The van der Waals surface area contributed by atoms with Crippen LogP contribution >= 0.6 is 0 Å². The molecule has 33 heavy (non-hydrogen) atoms. The normalized spacial score (nSPS) is 16.8. The van der Waals surface area contributed by atoms with Crippen molar-refractivity contribution >= 4 is 25.7 Å². The zero-order chi connectivity index (χ0) is 24.2. The van der Waals surface area contributed by atoms with Crippen LogP contribution in [0.5, 0.6) is 0 Å². The molecule has 1 aromatic carbocycles. The van der Waals surface area contributed by atoms with Crippen molar-refractivity contribution in [2.75, 3.05) is 57.3 Å². The largest absolute Gasteiger partial charge is 0.395 e. The number of benzene rings is 1. The quantitative estimate of drug-likeness (QED) is 0.182. The molecule has 1 atom stereocenters. The fraction of sp³-hybridized carbons (Fsp3) is 0.562. The first-order valence-corrected chi connectivity index (χ1v) is 13.1. The Hall–Kier alpha value is -2.25. The topological polar surface area (TPSA) is 240 Å². The van der Waals surface area contributed by atoms with Crippen molar-refractivity contribution in [1.29, 1.82) is 0 Å². The summed E-state index contributed by atoms with van der Waals surface area (Å²) in [5.74, 6) is -0.0532. The number of β-amino-alcohol motifs (C(OH)–C–C–N with tert-alkyl or cyclic N) is 1. The molecule has 0 amide bonds. The van der Waals surface area contributed by atoms with Gasteiger partial charge in [-0.25, -0.2) is 31.8 Å². The molecular formula is C16H28N10O5S2. The summed E-state index contributed by atoms with van der Waals surface area (Å²) in [6.45, 7) is 2.58. The number of tetrazole rings is 1. The zero-order valence-corrected chi connectivity index (χ0v) is 19.4. The van der Waals surface area contributed by atoms with Gasteiger partial charge in [0.05, 0.1) is 12.2 Å². The minimum absolute atomic E-state index is 0.0257. The standard InChI is InChI=1S/C16H28N10O5S2/c17-9-11(18)10-20-33(30,31)13-2-1-12(26-5-3-25(4-6-26)7-8-27)14(15(13)32(19,28)29)16-21-23-24-22-16/h1-2,11,20,27H,3-10,17-18H2,(H2,19,28,29)(H,21,22,23,24). The van der Waals surface area contributed by atoms with Gasteiger partial charge in [0.2, 0.25) is 20.0 Å². The second kappa shape index (κ2) is 10.3. The molecule has 9 N–H and O–H groups in total. The summed E-state index contributed by atoms with van der Waals surface area (Å²) in [7, 11) is -8.90. The third-order valence-corrected chi connectivity index (χ3v) is 7.81. The SMILES string of the molecule is NCC(N)CNS(=O)(=O)c1ccc(N2CCN(CCO)CC2)c(-c2nnn[nH]2)c1S(N)(=O)=O. The molecule has 17 heteroatoms. The Bertz CT molecular complexity index is 1150. The molecule has 1 fully saturated rings. The van der Waals surface area contributed by atoms with Crippen molar-refractivity contribution in [3.05, 3.63) is 12.1 Å². The molecular weight excluding hydrogens is 476 g/mol. The minimum Gasteiger partial charge on any atom is -0.395 e. The molecule has 0 bridgehead atoms. The number of aromatic amines is 1. The van der Waals surface area contributed by atoms with Gasteiger partial charge in [-0.3, -0.25) is 4.90 Å². The molecule has 184 valence electrons. The first kappa shape index (κ1) is 25.4. The molecule has 0 aliphatic carbocycles. The van der Waals surface area contributed by atoms with Crippen LogP contribution in [0.4, 0.5) is 5.69 Å². The van der Waals surface area contributed by atoms with E-state index in [4.69, 9.17) is 21.7 Å². The van der Waals surface area contributed by atoms with Crippen molar-refractivity contribution in [2.45, 2.75) is 15.8 Å². The van der Waals surface area contributed by atoms with Gasteiger partial charge in [-0.05, 0) is 22.6 Å². The van der Waals surface area contributed by atoms with Gasteiger partial charge in [0, 0.05) is 57.5 Å². The van der Waals surface area contributed by atoms with Crippen LogP contribution in [0.2, 0.25) is 0 Å². The van der Waals surface area contributed by atoms with Gasteiger partial charge in [-0.15, -0.1) is 5.10 Å². The molecule has 0 spiro atoms. The monoisotopic (exact) mass is 504 g/mol. The molecule has 1 aliphatic rings. The summed E-state index contributed by atoms with van der Waals surface area (Å²) in [5.41, 5.74) is 11.5. The highest BCUT2D eigenvalue weighted by Crippen LogP contribution is 2.38. The van der Waals surface area contributed by atoms with E-state index in [9.17, 15) is 16.8 Å². The molecule has 1 aliphatic heterocycles. The highest BCUT2D eigenvalue weighted by atomic mass is 32.2. The first-order valence-electron chi connectivity index (χ1n) is 10.1. The Kier molecular flexibility index (Phi) is 7.96. The van der Waals surface area contributed by atoms with Gasteiger partial charge in [0.25, 0.3) is 0 Å². The van der Waals surface area contributed by atoms with Crippen LogP contribution < -0.4 is 26.2 Å². The summed E-state index contributed by atoms with van der Waals surface area (Å²) in [6.07, 6.45) is 0. The van der Waals surface area contributed by atoms with Crippen LogP contribution in [0, 0.1) is 0 Å². The minimum atomic E-state index is -4.56. The maximum atomic E-state index is 13.0. The van der Waals surface area contributed by atoms with Crippen molar-refractivity contribution < 1.29 is 21.9 Å². The number of nitrogens with zero attached hydrogens (tertiary/aromatic N) is 5. The lowest BCUT2D eigenvalue weighted by atomic mass is 10.1. The van der Waals surface area contributed by atoms with Gasteiger partial charge in [0.15, 0.2) is 5.82 Å². The summed E-state index contributed by atoms with van der Waals surface area (Å²) < 4.78 is 53.7. The average Bonchev–Trinajstić information content (AvgIpc) is 3.31. The average molecular weight is 505 g/mol. The van der Waals surface area contributed by atoms with Crippen LogP contribution in [0.15, 0.2) is 21.9 Å². The first-order chi connectivity index (χ1) is 15.6. The number of aromatic nitrogens is 4. The Morgan fingerprint density at radius 2 is 1.88 bits per heavy atom. The summed E-state index contributed by atoms with van der Waals surface area (Å²) in [5, 5.41) is 28.0. The van der Waals surface area contributed by atoms with Gasteiger partial charge in [-0.2, -0.15) is 0 Å². The number of hydrogen-bond acceptors (Lipinski definition) is 12. The summed E-state index contributed by atoms with van der Waals surface area (Å²) in [6, 6.07) is 2.01. The Balaban J connectivity index is 2.14. The highest BCUT2D eigenvalue weighted by Gasteiger charge is 2.33. The van der Waals surface area contributed by atoms with E-state index in [0.717, 1.165) is 0 Å². The molecule has 1 saturated heterocycles. The molecule has 1 aromatic heterocycles. The number of aliphatic hydroxyl groups excluding tert-OH is 1. The lowest BCUT2D eigenvalue weighted by Crippen LogP contribution is -2.47. The number of hydrogen-bond donors (Lipinski definition) is 6. The second-order valence-corrected chi connectivity index (χ2v) is 10.7. The number of H-pyrrole nitrogens is 1. The number of nitrogens with one attached hydrogen (secondary N) is 2. The smallest absolute Gasteiger partial charge is 0.242 e. The molecule has 0 radical (unpaired) electrons. The van der Waals surface area contributed by atoms with E-state index in [0.29, 0.717) is 38.4 Å². The van der Waals surface area contributed by atoms with E-state index in [1.165, 1.54) is 12.1 Å². The molecule has 3 rings (SSSR count). The maximum Gasteiger partial charge on any atom is 0.242 e. The third-order valence-electron chi connectivity index (χ3n) is 5.22. The molecule has 0 saturated carbocycles. The van der Waals surface area contributed by atoms with Crippen LogP contribution in [0.25, 0.3) is 11.4 Å². The van der Waals surface area contributed by atoms with Crippen molar-refractivity contribution in [3.8, 4) is 11.4 Å². The van der Waals surface area contributed by atoms with E-state index < -0.39 is 35.9 Å². The van der Waals surface area contributed by atoms with E-state index in [2.05, 4.69) is 30.2 Å². The highest BCUT2D eigenvalue weighted by molar-refractivity contribution is 7.92. The number of primary sulfonamides is 1. The van der Waals surface area contributed by atoms with Crippen LogP contribution in [-0.2, 0) is 20.0 Å². The van der Waals surface area contributed by atoms with Crippen LogP contribution in [0.1, 0.15) is 0 Å². The summed E-state index contributed by atoms with van der Waals surface area (Å²) in [4.78, 5) is 2.75. The number of rotatable bonds is 10. The van der Waals surface area contributed by atoms with Gasteiger partial charge < -0.3 is 21.5 Å². The van der Waals surface area contributed by atoms with E-state index in [1.807, 2.05) is 4.90 Å². The van der Waals surface area contributed by atoms with Crippen LogP contribution in [0.3, 0.4) is 0 Å². The number of sulfonamides is 2. The van der Waals surface area contributed by atoms with E-state index >= 15 is 0 Å². The lowest BCUT2D eigenvalue weighted by Gasteiger charge is -2.37. The lowest BCUT2D eigenvalue weighted by molar-refractivity contribution is 0.189. The van der Waals surface area contributed by atoms with E-state index in [-0.39, 0.29) is 31.1 Å². The molecule has 2 heterocycles. The second-order valence-electron chi connectivity index (χ2n) is 7.48. The number of nitrogens with two attached hydrogens (primary N) is 3. The molecule has 15 nitrogen and oxygen atoms in total. The molecule has 1 unspecified atom stereocenters. The Morgan fingerprint density at radius 1 is 1.18 bits per heavy atom. The predicted octanol–water partition coefficient (Wildman–Crippen LogP) is -3.81. The molecule has 2 aromatic rings. The summed E-state index contributed by atoms with van der Waals surface area (Å²) >= 11 is 0. The fourth-order valence-corrected chi connectivity index (χ4v) is 6.23. The predicted molar refractivity (Wildman–Crippen MR) is 119 cm³/mol. The number of anilines is 1. The number of aliphatic hydroxyl groups is 1. The Labute approximate surface area is 191 Å². The van der Waals surface area contributed by atoms with Crippen molar-refractivity contribution in [1.82, 2.24) is 30.2 Å². The Morgan fingerprint density at radius 3 is 2.42 bits per heavy atom. The van der Waals surface area contributed by atoms with Gasteiger partial charge in [0.1, 0.15) is 9.79 Å². The van der Waals surface area contributed by atoms with E-state index in [1.54, 1.807) is 0 Å². The van der Waals surface area contributed by atoms with Crippen molar-refractivity contribution in [3.63, 3.8) is 0 Å². The van der Waals surface area contributed by atoms with Gasteiger partial charge in [-0.1, -0.05) is 0 Å². The zero-order valence-electron chi connectivity index (χ0n) is 17.8. The third kappa shape index (κ3) is 5.82. The maximum absolute atomic E-state index is 13.0.